The molecular weight excluding hydrogens is 343 g/mol. The van der Waals surface area contributed by atoms with Crippen molar-refractivity contribution < 1.29 is 29.3 Å². The minimum absolute atomic E-state index is 0.00172. The third kappa shape index (κ3) is 3.28. The average Bonchev–Trinajstić information content (AvgIpc) is 3.37. The van der Waals surface area contributed by atoms with Gasteiger partial charge in [0.15, 0.2) is 0 Å². The number of carboxylic acids is 1. The van der Waals surface area contributed by atoms with E-state index in [1.807, 2.05) is 12.1 Å². The molecule has 1 aromatic rings. The summed E-state index contributed by atoms with van der Waals surface area (Å²) in [5, 5.41) is 29.8. The standard InChI is InChI=1S/C17H22BO6S/c19-17(20)15-14(25-8-5-10-3-6-23-7-4-10)2-1-11-12-9-13(12)18(21,22)24-16(11)15/h1-2,10,12-13,21-22H,3-9H2,(H,19,20)/q-1/t12-,13-/m1/s1. The van der Waals surface area contributed by atoms with Crippen molar-refractivity contribution in [1.82, 2.24) is 0 Å². The van der Waals surface area contributed by atoms with E-state index in [2.05, 4.69) is 0 Å². The summed E-state index contributed by atoms with van der Waals surface area (Å²) in [6.07, 6.45) is 3.77. The van der Waals surface area contributed by atoms with Crippen molar-refractivity contribution in [2.75, 3.05) is 19.0 Å². The van der Waals surface area contributed by atoms with Gasteiger partial charge in [-0.15, -0.1) is 11.8 Å². The van der Waals surface area contributed by atoms with Crippen LogP contribution in [0, 0.1) is 5.92 Å². The highest BCUT2D eigenvalue weighted by atomic mass is 32.2. The zero-order valence-corrected chi connectivity index (χ0v) is 14.7. The Balaban J connectivity index is 1.53. The van der Waals surface area contributed by atoms with Gasteiger partial charge in [-0.2, -0.15) is 0 Å². The second-order valence-electron chi connectivity index (χ2n) is 7.24. The molecule has 0 aromatic heterocycles. The number of hydrogen-bond donors (Lipinski definition) is 3. The van der Waals surface area contributed by atoms with Crippen LogP contribution < -0.4 is 4.65 Å². The van der Waals surface area contributed by atoms with E-state index in [0.29, 0.717) is 17.2 Å². The summed E-state index contributed by atoms with van der Waals surface area (Å²) in [7, 11) is 0. The number of hydrogen-bond acceptors (Lipinski definition) is 6. The lowest BCUT2D eigenvalue weighted by atomic mass is 9.68. The summed E-state index contributed by atoms with van der Waals surface area (Å²) >= 11 is 1.50. The van der Waals surface area contributed by atoms with Crippen LogP contribution in [0.3, 0.4) is 0 Å². The first-order valence-corrected chi connectivity index (χ1v) is 9.85. The van der Waals surface area contributed by atoms with Crippen LogP contribution in [0.1, 0.15) is 47.5 Å². The first-order valence-electron chi connectivity index (χ1n) is 8.86. The van der Waals surface area contributed by atoms with Crippen molar-refractivity contribution in [1.29, 1.82) is 0 Å². The fraction of sp³-hybridized carbons (Fsp3) is 0.588. The van der Waals surface area contributed by atoms with Gasteiger partial charge in [-0.25, -0.2) is 4.79 Å². The number of ether oxygens (including phenoxy) is 1. The second kappa shape index (κ2) is 6.50. The summed E-state index contributed by atoms with van der Waals surface area (Å²) in [6, 6.07) is 3.72. The van der Waals surface area contributed by atoms with Crippen LogP contribution in [0.2, 0.25) is 5.82 Å². The highest BCUT2D eigenvalue weighted by Gasteiger charge is 2.55. The number of fused-ring (bicyclic) bond motifs is 3. The minimum Gasteiger partial charge on any atom is -0.669 e. The molecule has 2 fully saturated rings. The van der Waals surface area contributed by atoms with Gasteiger partial charge in [-0.3, -0.25) is 0 Å². The van der Waals surface area contributed by atoms with Crippen LogP contribution in [0.5, 0.6) is 5.75 Å². The molecule has 8 heteroatoms. The third-order valence-corrected chi connectivity index (χ3v) is 6.67. The lowest BCUT2D eigenvalue weighted by Crippen LogP contribution is -2.45. The molecule has 3 aliphatic rings. The van der Waals surface area contributed by atoms with Crippen LogP contribution in [0.4, 0.5) is 0 Å². The quantitative estimate of drug-likeness (QED) is 0.545. The monoisotopic (exact) mass is 365 g/mol. The fourth-order valence-electron chi connectivity index (χ4n) is 4.01. The summed E-state index contributed by atoms with van der Waals surface area (Å²) in [6.45, 7) is -1.35. The van der Waals surface area contributed by atoms with E-state index in [-0.39, 0.29) is 23.0 Å². The molecule has 1 aromatic carbocycles. The van der Waals surface area contributed by atoms with Gasteiger partial charge in [-0.1, -0.05) is 18.3 Å². The first kappa shape index (κ1) is 17.2. The maximum atomic E-state index is 11.8. The van der Waals surface area contributed by atoms with E-state index in [9.17, 15) is 19.9 Å². The highest BCUT2D eigenvalue weighted by molar-refractivity contribution is 7.99. The van der Waals surface area contributed by atoms with E-state index in [1.165, 1.54) is 11.8 Å². The van der Waals surface area contributed by atoms with Gasteiger partial charge < -0.3 is 24.5 Å². The minimum atomic E-state index is -2.97. The number of rotatable bonds is 5. The molecule has 1 aliphatic carbocycles. The molecule has 136 valence electrons. The molecule has 0 unspecified atom stereocenters. The van der Waals surface area contributed by atoms with E-state index < -0.39 is 12.7 Å². The summed E-state index contributed by atoms with van der Waals surface area (Å²) in [4.78, 5) is 12.5. The number of carbonyl (C=O) groups is 1. The van der Waals surface area contributed by atoms with Crippen LogP contribution in [-0.2, 0) is 4.74 Å². The molecule has 0 amide bonds. The molecule has 0 bridgehead atoms. The van der Waals surface area contributed by atoms with Crippen molar-refractivity contribution in [3.05, 3.63) is 23.3 Å². The van der Waals surface area contributed by atoms with Crippen LogP contribution in [0.25, 0.3) is 0 Å². The van der Waals surface area contributed by atoms with Crippen molar-refractivity contribution >= 4 is 24.5 Å². The number of aromatic carboxylic acids is 1. The summed E-state index contributed by atoms with van der Waals surface area (Å²) in [5.41, 5.74) is 0.853. The first-order chi connectivity index (χ1) is 12.0. The van der Waals surface area contributed by atoms with E-state index in [1.54, 1.807) is 0 Å². The van der Waals surface area contributed by atoms with Gasteiger partial charge in [-0.05, 0) is 48.5 Å². The molecular formula is C17H22BO6S-. The molecule has 25 heavy (non-hydrogen) atoms. The molecule has 1 saturated heterocycles. The Morgan fingerprint density at radius 3 is 2.76 bits per heavy atom. The normalized spacial score (nSPS) is 27.1. The second-order valence-corrected chi connectivity index (χ2v) is 8.38. The Kier molecular flexibility index (Phi) is 4.48. The highest BCUT2D eigenvalue weighted by Crippen LogP contribution is 2.63. The third-order valence-electron chi connectivity index (χ3n) is 5.58. The lowest BCUT2D eigenvalue weighted by molar-refractivity contribution is 0.0657. The Bertz CT molecular complexity index is 688. The maximum absolute atomic E-state index is 11.8. The van der Waals surface area contributed by atoms with Crippen LogP contribution in [-0.4, -0.2) is 46.8 Å². The van der Waals surface area contributed by atoms with E-state index in [0.717, 1.165) is 43.8 Å². The average molecular weight is 365 g/mol. The SMILES string of the molecule is O=C(O)c1c(SCCC2CCOCC2)ccc2c1O[B-](O)(O)[C@@H]1C[C@H]21. The number of thioether (sulfide) groups is 1. The van der Waals surface area contributed by atoms with E-state index in [4.69, 9.17) is 9.39 Å². The predicted molar refractivity (Wildman–Crippen MR) is 94.2 cm³/mol. The fourth-order valence-corrected chi connectivity index (χ4v) is 5.17. The lowest BCUT2D eigenvalue weighted by Gasteiger charge is -2.37. The molecule has 6 nitrogen and oxygen atoms in total. The van der Waals surface area contributed by atoms with Crippen molar-refractivity contribution in [3.8, 4) is 5.75 Å². The summed E-state index contributed by atoms with van der Waals surface area (Å²) in [5.74, 6) is 0.203. The number of carboxylic acid groups (broad SMARTS) is 1. The van der Waals surface area contributed by atoms with Gasteiger partial charge >= 0.3 is 12.7 Å². The largest absolute Gasteiger partial charge is 0.669 e. The molecule has 2 aliphatic heterocycles. The molecule has 2 heterocycles. The Hall–Kier alpha value is -1.22. The van der Waals surface area contributed by atoms with Crippen LogP contribution in [0.15, 0.2) is 17.0 Å². The van der Waals surface area contributed by atoms with Gasteiger partial charge in [0.1, 0.15) is 5.56 Å². The van der Waals surface area contributed by atoms with Crippen molar-refractivity contribution in [2.24, 2.45) is 5.92 Å². The Morgan fingerprint density at radius 1 is 1.28 bits per heavy atom. The zero-order chi connectivity index (χ0) is 17.6. The maximum Gasteiger partial charge on any atom is 0.434 e. The predicted octanol–water partition coefficient (Wildman–Crippen LogP) is 2.47. The van der Waals surface area contributed by atoms with Crippen molar-refractivity contribution in [2.45, 2.75) is 42.3 Å². The number of benzene rings is 1. The molecule has 2 atom stereocenters. The van der Waals surface area contributed by atoms with E-state index >= 15 is 0 Å². The van der Waals surface area contributed by atoms with Crippen LogP contribution >= 0.6 is 11.8 Å². The van der Waals surface area contributed by atoms with Gasteiger partial charge in [0.2, 0.25) is 0 Å². The van der Waals surface area contributed by atoms with Gasteiger partial charge in [0.05, 0.1) is 5.75 Å². The Morgan fingerprint density at radius 2 is 2.04 bits per heavy atom. The smallest absolute Gasteiger partial charge is 0.434 e. The molecule has 4 rings (SSSR count). The molecule has 0 radical (unpaired) electrons. The molecule has 1 saturated carbocycles. The van der Waals surface area contributed by atoms with Crippen molar-refractivity contribution in [3.63, 3.8) is 0 Å². The van der Waals surface area contributed by atoms with Gasteiger partial charge in [0.25, 0.3) is 0 Å². The molecule has 0 spiro atoms. The molecule has 3 N–H and O–H groups in total. The topological polar surface area (TPSA) is 96.2 Å². The Labute approximate surface area is 150 Å². The van der Waals surface area contributed by atoms with Gasteiger partial charge in [0, 0.05) is 18.1 Å². The zero-order valence-electron chi connectivity index (χ0n) is 13.9. The summed E-state index contributed by atoms with van der Waals surface area (Å²) < 4.78 is 10.7.